The minimum atomic E-state index is -0.999. The molecule has 0 radical (unpaired) electrons. The van der Waals surface area contributed by atoms with Crippen LogP contribution in [0.5, 0.6) is 0 Å². The maximum absolute atomic E-state index is 12.8. The van der Waals surface area contributed by atoms with E-state index in [-0.39, 0.29) is 18.4 Å². The fourth-order valence-corrected chi connectivity index (χ4v) is 3.24. The van der Waals surface area contributed by atoms with E-state index in [0.717, 1.165) is 5.56 Å². The molecule has 0 aliphatic carbocycles. The molecule has 1 rings (SSSR count). The van der Waals surface area contributed by atoms with Gasteiger partial charge in [-0.05, 0) is 37.7 Å². The molecule has 0 aliphatic rings. The monoisotopic (exact) mass is 505 g/mol. The Morgan fingerprint density at radius 1 is 0.778 bits per heavy atom. The molecule has 4 atom stereocenters. The van der Waals surface area contributed by atoms with Crippen LogP contribution in [-0.4, -0.2) is 53.9 Å². The van der Waals surface area contributed by atoms with E-state index in [1.54, 1.807) is 13.8 Å². The second-order valence-corrected chi connectivity index (χ2v) is 9.48. The zero-order chi connectivity index (χ0) is 27.4. The van der Waals surface area contributed by atoms with Crippen molar-refractivity contribution in [2.24, 2.45) is 17.6 Å². The van der Waals surface area contributed by atoms with Gasteiger partial charge in [0.1, 0.15) is 30.8 Å². The molecule has 0 heterocycles. The molecule has 0 saturated heterocycles. The van der Waals surface area contributed by atoms with Gasteiger partial charge in [0.25, 0.3) is 0 Å². The summed E-state index contributed by atoms with van der Waals surface area (Å²) in [4.78, 5) is 61.5. The maximum atomic E-state index is 12.8. The Balaban J connectivity index is 2.67. The summed E-state index contributed by atoms with van der Waals surface area (Å²) in [6.45, 7) is 10.2. The Hall–Kier alpha value is -3.63. The molecule has 1 aromatic rings. The molecule has 5 amide bonds. The zero-order valence-corrected chi connectivity index (χ0v) is 21.8. The lowest BCUT2D eigenvalue weighted by molar-refractivity contribution is -0.133. The summed E-state index contributed by atoms with van der Waals surface area (Å²) in [5.74, 6) is -2.59. The summed E-state index contributed by atoms with van der Waals surface area (Å²) >= 11 is 0. The Bertz CT molecular complexity index is 905. The number of nitrogens with two attached hydrogens (primary N) is 1. The third kappa shape index (κ3) is 10.7. The van der Waals surface area contributed by atoms with Gasteiger partial charge in [0.2, 0.25) is 23.6 Å². The minimum Gasteiger partial charge on any atom is -0.445 e. The van der Waals surface area contributed by atoms with E-state index in [1.165, 1.54) is 13.8 Å². The minimum absolute atomic E-state index is 0.0505. The first-order valence-corrected chi connectivity index (χ1v) is 12.0. The number of amides is 5. The smallest absolute Gasteiger partial charge is 0.408 e. The Kier molecular flexibility index (Phi) is 12.4. The fraction of sp³-hybridized carbons (Fsp3) is 0.560. The van der Waals surface area contributed by atoms with Gasteiger partial charge in [-0.15, -0.1) is 0 Å². The molecule has 36 heavy (non-hydrogen) atoms. The number of primary amides is 1. The van der Waals surface area contributed by atoms with Gasteiger partial charge in [0, 0.05) is 0 Å². The molecule has 11 heteroatoms. The second-order valence-electron chi connectivity index (χ2n) is 9.48. The number of carbonyl (C=O) groups excluding carboxylic acids is 5. The van der Waals surface area contributed by atoms with Crippen LogP contribution >= 0.6 is 0 Å². The lowest BCUT2D eigenvalue weighted by atomic mass is 10.0. The van der Waals surface area contributed by atoms with E-state index in [0.29, 0.717) is 6.42 Å². The number of hydrogen-bond acceptors (Lipinski definition) is 6. The van der Waals surface area contributed by atoms with Crippen LogP contribution in [0.4, 0.5) is 4.79 Å². The number of nitrogens with one attached hydrogen (secondary N) is 4. The molecule has 0 unspecified atom stereocenters. The average molecular weight is 506 g/mol. The number of alkyl carbamates (subject to hydrolysis) is 1. The van der Waals surface area contributed by atoms with Crippen molar-refractivity contribution in [3.8, 4) is 0 Å². The summed E-state index contributed by atoms with van der Waals surface area (Å²) in [5.41, 5.74) is 6.11. The molecule has 0 fully saturated rings. The van der Waals surface area contributed by atoms with Crippen LogP contribution < -0.4 is 27.0 Å². The summed E-state index contributed by atoms with van der Waals surface area (Å²) in [5, 5.41) is 10.1. The van der Waals surface area contributed by atoms with E-state index in [2.05, 4.69) is 21.3 Å². The highest BCUT2D eigenvalue weighted by molar-refractivity contribution is 5.94. The van der Waals surface area contributed by atoms with Crippen molar-refractivity contribution >= 4 is 29.7 Å². The molecule has 0 aromatic heterocycles. The van der Waals surface area contributed by atoms with Gasteiger partial charge < -0.3 is 31.7 Å². The number of benzene rings is 1. The molecule has 1 aromatic carbocycles. The molecule has 11 nitrogen and oxygen atoms in total. The number of hydrogen-bond donors (Lipinski definition) is 5. The third-order valence-electron chi connectivity index (χ3n) is 5.30. The maximum Gasteiger partial charge on any atom is 0.408 e. The quantitative estimate of drug-likeness (QED) is 0.267. The van der Waals surface area contributed by atoms with Gasteiger partial charge in [0.15, 0.2) is 0 Å². The summed E-state index contributed by atoms with van der Waals surface area (Å²) in [7, 11) is 0. The molecule has 0 saturated carbocycles. The molecule has 0 spiro atoms. The van der Waals surface area contributed by atoms with Gasteiger partial charge in [-0.25, -0.2) is 4.79 Å². The largest absolute Gasteiger partial charge is 0.445 e. The average Bonchev–Trinajstić information content (AvgIpc) is 2.80. The first-order valence-electron chi connectivity index (χ1n) is 12.0. The predicted octanol–water partition coefficient (Wildman–Crippen LogP) is 0.963. The first kappa shape index (κ1) is 30.4. The summed E-state index contributed by atoms with van der Waals surface area (Å²) < 4.78 is 5.20. The molecular weight excluding hydrogens is 466 g/mol. The number of rotatable bonds is 13. The van der Waals surface area contributed by atoms with Gasteiger partial charge >= 0.3 is 6.09 Å². The zero-order valence-electron chi connectivity index (χ0n) is 21.8. The first-order chi connectivity index (χ1) is 16.8. The van der Waals surface area contributed by atoms with Crippen molar-refractivity contribution in [1.29, 1.82) is 0 Å². The molecule has 0 bridgehead atoms. The SMILES string of the molecule is CC(C)C[C@H](NC(=O)OCc1ccccc1)C(=O)N[C@@H](C)C(=O)N[C@@H](C)C(=O)N[C@H](C(N)=O)C(C)C. The highest BCUT2D eigenvalue weighted by Crippen LogP contribution is 2.07. The van der Waals surface area contributed by atoms with Crippen LogP contribution in [0.1, 0.15) is 53.5 Å². The highest BCUT2D eigenvalue weighted by atomic mass is 16.5. The van der Waals surface area contributed by atoms with Crippen LogP contribution in [0.15, 0.2) is 30.3 Å². The van der Waals surface area contributed by atoms with E-state index >= 15 is 0 Å². The van der Waals surface area contributed by atoms with Gasteiger partial charge in [-0.3, -0.25) is 19.2 Å². The third-order valence-corrected chi connectivity index (χ3v) is 5.30. The number of ether oxygens (including phenoxy) is 1. The lowest BCUT2D eigenvalue weighted by Gasteiger charge is -2.24. The van der Waals surface area contributed by atoms with Crippen molar-refractivity contribution in [2.45, 2.75) is 78.7 Å². The van der Waals surface area contributed by atoms with E-state index in [9.17, 15) is 24.0 Å². The molecule has 200 valence electrons. The molecular formula is C25H39N5O6. The summed E-state index contributed by atoms with van der Waals surface area (Å²) in [6, 6.07) is 5.34. The fourth-order valence-electron chi connectivity index (χ4n) is 3.24. The van der Waals surface area contributed by atoms with E-state index < -0.39 is 53.9 Å². The Morgan fingerprint density at radius 2 is 1.31 bits per heavy atom. The van der Waals surface area contributed by atoms with Crippen LogP contribution in [0, 0.1) is 11.8 Å². The van der Waals surface area contributed by atoms with E-state index in [4.69, 9.17) is 10.5 Å². The number of carbonyl (C=O) groups is 5. The van der Waals surface area contributed by atoms with Crippen molar-refractivity contribution in [1.82, 2.24) is 21.3 Å². The molecule has 6 N–H and O–H groups in total. The lowest BCUT2D eigenvalue weighted by Crippen LogP contribution is -2.57. The van der Waals surface area contributed by atoms with Gasteiger partial charge in [0.05, 0.1) is 0 Å². The second kappa shape index (κ2) is 14.7. The van der Waals surface area contributed by atoms with Crippen molar-refractivity contribution < 1.29 is 28.7 Å². The van der Waals surface area contributed by atoms with Crippen molar-refractivity contribution in [3.63, 3.8) is 0 Å². The molecule has 0 aliphatic heterocycles. The summed E-state index contributed by atoms with van der Waals surface area (Å²) in [6.07, 6.45) is -0.431. The van der Waals surface area contributed by atoms with Crippen LogP contribution in [0.3, 0.4) is 0 Å². The highest BCUT2D eigenvalue weighted by Gasteiger charge is 2.28. The van der Waals surface area contributed by atoms with Crippen molar-refractivity contribution in [3.05, 3.63) is 35.9 Å². The predicted molar refractivity (Wildman–Crippen MR) is 134 cm³/mol. The van der Waals surface area contributed by atoms with Crippen molar-refractivity contribution in [2.75, 3.05) is 0 Å². The Morgan fingerprint density at radius 3 is 1.81 bits per heavy atom. The standard InChI is InChI=1S/C25H39N5O6/c1-14(2)12-19(29-25(35)36-13-18-10-8-7-9-11-18)24(34)28-16(5)22(32)27-17(6)23(33)30-20(15(3)4)21(26)31/h7-11,14-17,19-20H,12-13H2,1-6H3,(H2,26,31)(H,27,32)(H,28,34)(H,29,35)(H,30,33)/t16-,17-,19-,20-/m0/s1. The van der Waals surface area contributed by atoms with Crippen LogP contribution in [-0.2, 0) is 30.5 Å². The van der Waals surface area contributed by atoms with E-state index in [1.807, 2.05) is 44.2 Å². The Labute approximate surface area is 212 Å². The van der Waals surface area contributed by atoms with Crippen LogP contribution in [0.25, 0.3) is 0 Å². The van der Waals surface area contributed by atoms with Gasteiger partial charge in [-0.1, -0.05) is 58.0 Å². The normalized spacial score (nSPS) is 14.2. The van der Waals surface area contributed by atoms with Gasteiger partial charge in [-0.2, -0.15) is 0 Å². The van der Waals surface area contributed by atoms with Crippen LogP contribution in [0.2, 0.25) is 0 Å². The topological polar surface area (TPSA) is 169 Å².